The van der Waals surface area contributed by atoms with Gasteiger partial charge in [0.05, 0.1) is 18.2 Å². The van der Waals surface area contributed by atoms with Crippen LogP contribution < -0.4 is 0 Å². The third-order valence-corrected chi connectivity index (χ3v) is 2.07. The first-order chi connectivity index (χ1) is 6.72. The largest absolute Gasteiger partial charge is 0.465 e. The topological polar surface area (TPSA) is 55.0 Å². The molecule has 0 amide bonds. The number of aromatic amines is 1. The van der Waals surface area contributed by atoms with Crippen LogP contribution in [0.1, 0.15) is 10.4 Å². The number of fused-ring (bicyclic) bond motifs is 1. The third-order valence-electron chi connectivity index (χ3n) is 1.89. The highest BCUT2D eigenvalue weighted by atomic mass is 35.5. The number of imidazole rings is 1. The second-order valence-corrected chi connectivity index (χ2v) is 3.08. The molecular formula is C9H7ClN2O2. The fourth-order valence-electron chi connectivity index (χ4n) is 1.28. The van der Waals surface area contributed by atoms with Gasteiger partial charge in [0.2, 0.25) is 5.28 Å². The predicted molar refractivity (Wildman–Crippen MR) is 52.4 cm³/mol. The number of hydrogen-bond donors (Lipinski definition) is 1. The smallest absolute Gasteiger partial charge is 0.340 e. The van der Waals surface area contributed by atoms with Gasteiger partial charge in [-0.05, 0) is 23.7 Å². The van der Waals surface area contributed by atoms with Gasteiger partial charge in [0, 0.05) is 0 Å². The summed E-state index contributed by atoms with van der Waals surface area (Å²) in [4.78, 5) is 18.1. The Morgan fingerprint density at radius 2 is 2.36 bits per heavy atom. The molecule has 0 fully saturated rings. The monoisotopic (exact) mass is 210 g/mol. The minimum absolute atomic E-state index is 0.261. The van der Waals surface area contributed by atoms with Gasteiger partial charge in [0.15, 0.2) is 0 Å². The zero-order valence-electron chi connectivity index (χ0n) is 7.37. The number of aromatic nitrogens is 2. The van der Waals surface area contributed by atoms with Crippen LogP contribution in [0.15, 0.2) is 18.2 Å². The quantitative estimate of drug-likeness (QED) is 0.733. The third kappa shape index (κ3) is 1.33. The second kappa shape index (κ2) is 3.31. The summed E-state index contributed by atoms with van der Waals surface area (Å²) in [7, 11) is 1.33. The number of para-hydroxylation sites is 1. The van der Waals surface area contributed by atoms with Crippen molar-refractivity contribution in [3.8, 4) is 0 Å². The van der Waals surface area contributed by atoms with E-state index in [1.807, 2.05) is 0 Å². The number of methoxy groups -OCH3 is 1. The van der Waals surface area contributed by atoms with Crippen molar-refractivity contribution in [1.82, 2.24) is 9.97 Å². The van der Waals surface area contributed by atoms with Crippen molar-refractivity contribution in [3.05, 3.63) is 29.0 Å². The van der Waals surface area contributed by atoms with Gasteiger partial charge in [-0.15, -0.1) is 0 Å². The van der Waals surface area contributed by atoms with E-state index in [2.05, 4.69) is 14.7 Å². The SMILES string of the molecule is COC(=O)c1cccc2[nH]c(Cl)nc12. The molecule has 5 heteroatoms. The fraction of sp³-hybridized carbons (Fsp3) is 0.111. The Bertz CT molecular complexity index is 493. The average Bonchev–Trinajstić information content (AvgIpc) is 2.56. The van der Waals surface area contributed by atoms with Crippen molar-refractivity contribution in [2.75, 3.05) is 7.11 Å². The molecule has 0 aliphatic heterocycles. The highest BCUT2D eigenvalue weighted by molar-refractivity contribution is 6.29. The van der Waals surface area contributed by atoms with Gasteiger partial charge in [-0.1, -0.05) is 6.07 Å². The summed E-state index contributed by atoms with van der Waals surface area (Å²) in [5.74, 6) is -0.418. The fourth-order valence-corrected chi connectivity index (χ4v) is 1.46. The summed E-state index contributed by atoms with van der Waals surface area (Å²) in [6, 6.07) is 5.18. The minimum atomic E-state index is -0.418. The highest BCUT2D eigenvalue weighted by Gasteiger charge is 2.12. The lowest BCUT2D eigenvalue weighted by atomic mass is 10.2. The van der Waals surface area contributed by atoms with Crippen molar-refractivity contribution in [1.29, 1.82) is 0 Å². The van der Waals surface area contributed by atoms with Gasteiger partial charge in [-0.3, -0.25) is 0 Å². The summed E-state index contributed by atoms with van der Waals surface area (Å²) >= 11 is 5.68. The molecule has 0 aliphatic carbocycles. The van der Waals surface area contributed by atoms with Gasteiger partial charge in [-0.2, -0.15) is 0 Å². The lowest BCUT2D eigenvalue weighted by Crippen LogP contribution is -2.01. The number of H-pyrrole nitrogens is 1. The summed E-state index contributed by atoms with van der Waals surface area (Å²) in [5, 5.41) is 0.261. The molecule has 0 saturated heterocycles. The molecule has 2 aromatic rings. The van der Waals surface area contributed by atoms with Crippen LogP contribution in [0, 0.1) is 0 Å². The molecule has 2 rings (SSSR count). The molecule has 0 unspecified atom stereocenters. The van der Waals surface area contributed by atoms with Crippen LogP contribution in [-0.4, -0.2) is 23.0 Å². The summed E-state index contributed by atoms with van der Waals surface area (Å²) in [6.45, 7) is 0. The van der Waals surface area contributed by atoms with Crippen LogP contribution in [0.25, 0.3) is 11.0 Å². The number of carbonyl (C=O) groups is 1. The van der Waals surface area contributed by atoms with Crippen LogP contribution in [0.3, 0.4) is 0 Å². The molecule has 1 N–H and O–H groups in total. The van der Waals surface area contributed by atoms with Crippen LogP contribution in [0.4, 0.5) is 0 Å². The van der Waals surface area contributed by atoms with E-state index in [0.717, 1.165) is 5.52 Å². The van der Waals surface area contributed by atoms with E-state index in [4.69, 9.17) is 11.6 Å². The number of hydrogen-bond acceptors (Lipinski definition) is 3. The van der Waals surface area contributed by atoms with Crippen molar-refractivity contribution in [2.24, 2.45) is 0 Å². The van der Waals surface area contributed by atoms with Gasteiger partial charge >= 0.3 is 5.97 Å². The summed E-state index contributed by atoms with van der Waals surface area (Å²) in [6.07, 6.45) is 0. The Balaban J connectivity index is 2.70. The Hall–Kier alpha value is -1.55. The number of esters is 1. The highest BCUT2D eigenvalue weighted by Crippen LogP contribution is 2.19. The molecule has 0 radical (unpaired) electrons. The van der Waals surface area contributed by atoms with E-state index in [-0.39, 0.29) is 5.28 Å². The second-order valence-electron chi connectivity index (χ2n) is 2.72. The molecule has 1 heterocycles. The van der Waals surface area contributed by atoms with Gasteiger partial charge in [0.25, 0.3) is 0 Å². The molecule has 0 aliphatic rings. The number of ether oxygens (including phenoxy) is 1. The number of carbonyl (C=O) groups excluding carboxylic acids is 1. The number of rotatable bonds is 1. The Labute approximate surface area is 84.9 Å². The first-order valence-corrected chi connectivity index (χ1v) is 4.32. The molecule has 1 aromatic carbocycles. The Morgan fingerprint density at radius 3 is 3.07 bits per heavy atom. The lowest BCUT2D eigenvalue weighted by Gasteiger charge is -1.98. The Kier molecular flexibility index (Phi) is 2.13. The van der Waals surface area contributed by atoms with Crippen molar-refractivity contribution < 1.29 is 9.53 Å². The Morgan fingerprint density at radius 1 is 1.57 bits per heavy atom. The minimum Gasteiger partial charge on any atom is -0.465 e. The van der Waals surface area contributed by atoms with E-state index in [1.54, 1.807) is 18.2 Å². The maximum atomic E-state index is 11.3. The summed E-state index contributed by atoms with van der Waals surface area (Å²) < 4.78 is 4.62. The molecule has 14 heavy (non-hydrogen) atoms. The number of nitrogens with zero attached hydrogens (tertiary/aromatic N) is 1. The number of benzene rings is 1. The first-order valence-electron chi connectivity index (χ1n) is 3.95. The van der Waals surface area contributed by atoms with E-state index in [9.17, 15) is 4.79 Å². The maximum absolute atomic E-state index is 11.3. The standard InChI is InChI=1S/C9H7ClN2O2/c1-14-8(13)5-3-2-4-6-7(5)12-9(10)11-6/h2-4H,1H3,(H,11,12). The first kappa shape index (κ1) is 9.02. The van der Waals surface area contributed by atoms with E-state index >= 15 is 0 Å². The lowest BCUT2D eigenvalue weighted by molar-refractivity contribution is 0.0603. The van der Waals surface area contributed by atoms with Gasteiger partial charge in [-0.25, -0.2) is 9.78 Å². The van der Waals surface area contributed by atoms with Crippen molar-refractivity contribution in [2.45, 2.75) is 0 Å². The van der Waals surface area contributed by atoms with E-state index in [1.165, 1.54) is 7.11 Å². The number of nitrogens with one attached hydrogen (secondary N) is 1. The van der Waals surface area contributed by atoms with Gasteiger partial charge in [0.1, 0.15) is 5.52 Å². The molecule has 72 valence electrons. The van der Waals surface area contributed by atoms with Crippen molar-refractivity contribution >= 4 is 28.6 Å². The van der Waals surface area contributed by atoms with Crippen LogP contribution in [-0.2, 0) is 4.74 Å². The van der Waals surface area contributed by atoms with Crippen LogP contribution in [0.2, 0.25) is 5.28 Å². The number of halogens is 1. The maximum Gasteiger partial charge on any atom is 0.340 e. The molecule has 0 saturated carbocycles. The summed E-state index contributed by atoms with van der Waals surface area (Å²) in [5.41, 5.74) is 1.66. The van der Waals surface area contributed by atoms with Crippen LogP contribution >= 0.6 is 11.6 Å². The van der Waals surface area contributed by atoms with Crippen LogP contribution in [0.5, 0.6) is 0 Å². The molecule has 1 aromatic heterocycles. The molecule has 0 atom stereocenters. The zero-order chi connectivity index (χ0) is 10.1. The molecule has 4 nitrogen and oxygen atoms in total. The molecular weight excluding hydrogens is 204 g/mol. The van der Waals surface area contributed by atoms with Gasteiger partial charge < -0.3 is 9.72 Å². The zero-order valence-corrected chi connectivity index (χ0v) is 8.13. The van der Waals surface area contributed by atoms with Crippen molar-refractivity contribution in [3.63, 3.8) is 0 Å². The van der Waals surface area contributed by atoms with E-state index in [0.29, 0.717) is 11.1 Å². The molecule has 0 spiro atoms. The normalized spacial score (nSPS) is 10.4. The molecule has 0 bridgehead atoms. The average molecular weight is 211 g/mol. The van der Waals surface area contributed by atoms with E-state index < -0.39 is 5.97 Å². The predicted octanol–water partition coefficient (Wildman–Crippen LogP) is 2.00.